The zero-order chi connectivity index (χ0) is 18.1. The summed E-state index contributed by atoms with van der Waals surface area (Å²) in [5.41, 5.74) is 0.159. The summed E-state index contributed by atoms with van der Waals surface area (Å²) in [5.74, 6) is 0.0114. The minimum atomic E-state index is -3.20. The SMILES string of the molecule is COC(=O)C[P@@]1(=O)OC2C(C3CCC2(C)C3(C)C)N1CC(C)(C)C. The number of methoxy groups -OCH3 is 1. The molecule has 3 aliphatic rings. The van der Waals surface area contributed by atoms with Crippen LogP contribution in [0.5, 0.6) is 0 Å². The molecule has 0 aromatic rings. The molecule has 0 spiro atoms. The second kappa shape index (κ2) is 5.31. The molecule has 0 aromatic carbocycles. The zero-order valence-electron chi connectivity index (χ0n) is 16.1. The number of nitrogens with zero attached hydrogens (tertiary/aromatic N) is 1. The highest BCUT2D eigenvalue weighted by atomic mass is 31.2. The van der Waals surface area contributed by atoms with E-state index in [0.717, 1.165) is 12.8 Å². The van der Waals surface area contributed by atoms with Crippen LogP contribution in [0.1, 0.15) is 54.4 Å². The van der Waals surface area contributed by atoms with E-state index < -0.39 is 13.5 Å². The third-order valence-electron chi connectivity index (χ3n) is 6.93. The Morgan fingerprint density at radius 2 is 1.96 bits per heavy atom. The van der Waals surface area contributed by atoms with Crippen molar-refractivity contribution in [1.82, 2.24) is 4.67 Å². The van der Waals surface area contributed by atoms with E-state index in [2.05, 4.69) is 46.2 Å². The number of carbonyl (C=O) groups is 1. The number of ether oxygens (including phenoxy) is 1. The van der Waals surface area contributed by atoms with Gasteiger partial charge in [-0.15, -0.1) is 0 Å². The number of hydrogen-bond donors (Lipinski definition) is 0. The predicted molar refractivity (Wildman–Crippen MR) is 93.9 cm³/mol. The van der Waals surface area contributed by atoms with Crippen molar-refractivity contribution in [2.75, 3.05) is 19.8 Å². The van der Waals surface area contributed by atoms with Crippen molar-refractivity contribution in [2.45, 2.75) is 66.5 Å². The van der Waals surface area contributed by atoms with Gasteiger partial charge in [-0.05, 0) is 29.6 Å². The van der Waals surface area contributed by atoms with Gasteiger partial charge in [0.05, 0.1) is 13.2 Å². The van der Waals surface area contributed by atoms with Gasteiger partial charge < -0.3 is 9.26 Å². The molecular formula is C18H32NO4P. The fraction of sp³-hybridized carbons (Fsp3) is 0.944. The van der Waals surface area contributed by atoms with Crippen LogP contribution in [-0.2, 0) is 18.6 Å². The average molecular weight is 357 g/mol. The van der Waals surface area contributed by atoms with E-state index in [-0.39, 0.29) is 34.6 Å². The summed E-state index contributed by atoms with van der Waals surface area (Å²) in [6.07, 6.45) is 2.06. The van der Waals surface area contributed by atoms with Crippen LogP contribution in [0.2, 0.25) is 0 Å². The van der Waals surface area contributed by atoms with Crippen LogP contribution in [0.4, 0.5) is 0 Å². The van der Waals surface area contributed by atoms with Gasteiger partial charge in [0.2, 0.25) is 0 Å². The minimum Gasteiger partial charge on any atom is -0.469 e. The third-order valence-corrected chi connectivity index (χ3v) is 9.34. The number of esters is 1. The normalized spacial score (nSPS) is 43.9. The van der Waals surface area contributed by atoms with Crippen LogP contribution < -0.4 is 0 Å². The van der Waals surface area contributed by atoms with E-state index in [9.17, 15) is 9.36 Å². The molecule has 1 saturated heterocycles. The molecule has 1 heterocycles. The van der Waals surface area contributed by atoms with Crippen molar-refractivity contribution in [3.05, 3.63) is 0 Å². The number of fused-ring (bicyclic) bond motifs is 5. The number of rotatable bonds is 3. The molecule has 0 aromatic heterocycles. The molecule has 0 amide bonds. The van der Waals surface area contributed by atoms with Gasteiger partial charge in [-0.25, -0.2) is 4.67 Å². The first-order valence-corrected chi connectivity index (χ1v) is 10.7. The van der Waals surface area contributed by atoms with E-state index >= 15 is 0 Å². The van der Waals surface area contributed by atoms with Crippen LogP contribution in [0.15, 0.2) is 0 Å². The van der Waals surface area contributed by atoms with Gasteiger partial charge in [0, 0.05) is 18.0 Å². The first-order chi connectivity index (χ1) is 10.9. The summed E-state index contributed by atoms with van der Waals surface area (Å²) in [7, 11) is -1.86. The largest absolute Gasteiger partial charge is 0.469 e. The van der Waals surface area contributed by atoms with Crippen molar-refractivity contribution in [2.24, 2.45) is 22.2 Å². The Hall–Kier alpha value is -0.380. The summed E-state index contributed by atoms with van der Waals surface area (Å²) >= 11 is 0. The maximum Gasteiger partial charge on any atom is 0.316 e. The van der Waals surface area contributed by atoms with Gasteiger partial charge in [-0.2, -0.15) is 0 Å². The summed E-state index contributed by atoms with van der Waals surface area (Å²) in [6, 6.07) is 0.147. The molecule has 2 saturated carbocycles. The summed E-state index contributed by atoms with van der Waals surface area (Å²) in [6.45, 7) is 14.0. The second-order valence-electron chi connectivity index (χ2n) is 9.83. The Kier molecular flexibility index (Phi) is 4.07. The fourth-order valence-electron chi connectivity index (χ4n) is 5.30. The van der Waals surface area contributed by atoms with E-state index in [1.54, 1.807) is 0 Å². The van der Waals surface area contributed by atoms with Crippen molar-refractivity contribution in [3.63, 3.8) is 0 Å². The van der Waals surface area contributed by atoms with Gasteiger partial charge in [-0.1, -0.05) is 41.5 Å². The lowest BCUT2D eigenvalue weighted by Gasteiger charge is -2.38. The molecule has 3 fully saturated rings. The molecule has 2 aliphatic carbocycles. The second-order valence-corrected chi connectivity index (χ2v) is 12.1. The lowest BCUT2D eigenvalue weighted by atomic mass is 9.70. The van der Waals surface area contributed by atoms with Gasteiger partial charge >= 0.3 is 5.97 Å². The summed E-state index contributed by atoms with van der Waals surface area (Å²) in [5, 5.41) is 0. The maximum atomic E-state index is 13.7. The van der Waals surface area contributed by atoms with Crippen LogP contribution in [0.3, 0.4) is 0 Å². The van der Waals surface area contributed by atoms with Gasteiger partial charge in [0.1, 0.15) is 6.16 Å². The fourth-order valence-corrected chi connectivity index (χ4v) is 8.17. The topological polar surface area (TPSA) is 55.8 Å². The molecule has 5 nitrogen and oxygen atoms in total. The van der Waals surface area contributed by atoms with Gasteiger partial charge in [0.15, 0.2) is 0 Å². The Bertz CT molecular complexity index is 596. The van der Waals surface area contributed by atoms with Gasteiger partial charge in [0.25, 0.3) is 7.52 Å². The standard InChI is InChI=1S/C18H32NO4P/c1-16(2,3)11-19-14-12-8-9-18(6,17(12,4)5)15(14)23-24(19,21)10-13(20)22-7/h12,14-15H,8-11H2,1-7H3/t12?,14?,15?,18?,24-/m1/s1. The Morgan fingerprint density at radius 1 is 1.33 bits per heavy atom. The average Bonchev–Trinajstić information content (AvgIpc) is 2.89. The smallest absolute Gasteiger partial charge is 0.316 e. The molecule has 24 heavy (non-hydrogen) atoms. The van der Waals surface area contributed by atoms with E-state index in [1.807, 2.05) is 0 Å². The quantitative estimate of drug-likeness (QED) is 0.566. The van der Waals surface area contributed by atoms with Crippen LogP contribution in [0.25, 0.3) is 0 Å². The summed E-state index contributed by atoms with van der Waals surface area (Å²) < 4.78 is 26.8. The predicted octanol–water partition coefficient (Wildman–Crippen LogP) is 3.92. The summed E-state index contributed by atoms with van der Waals surface area (Å²) in [4.78, 5) is 11.9. The minimum absolute atomic E-state index is 0.0146. The molecular weight excluding hydrogens is 325 g/mol. The van der Waals surface area contributed by atoms with Crippen molar-refractivity contribution in [1.29, 1.82) is 0 Å². The monoisotopic (exact) mass is 357 g/mol. The highest BCUT2D eigenvalue weighted by Gasteiger charge is 2.73. The highest BCUT2D eigenvalue weighted by molar-refractivity contribution is 7.57. The highest BCUT2D eigenvalue weighted by Crippen LogP contribution is 2.76. The Balaban J connectivity index is 2.00. The molecule has 0 radical (unpaired) electrons. The van der Waals surface area contributed by atoms with Crippen LogP contribution in [-0.4, -0.2) is 42.6 Å². The van der Waals surface area contributed by atoms with Crippen molar-refractivity contribution >= 4 is 13.5 Å². The van der Waals surface area contributed by atoms with E-state index in [1.165, 1.54) is 7.11 Å². The molecule has 2 bridgehead atoms. The maximum absolute atomic E-state index is 13.7. The Labute approximate surface area is 146 Å². The zero-order valence-corrected chi connectivity index (χ0v) is 17.0. The number of carbonyl (C=O) groups excluding carboxylic acids is 1. The molecule has 138 valence electrons. The molecule has 6 heteroatoms. The first kappa shape index (κ1) is 18.4. The Morgan fingerprint density at radius 3 is 2.50 bits per heavy atom. The van der Waals surface area contributed by atoms with Crippen molar-refractivity contribution in [3.8, 4) is 0 Å². The lowest BCUT2D eigenvalue weighted by Crippen LogP contribution is -2.44. The van der Waals surface area contributed by atoms with E-state index in [4.69, 9.17) is 9.26 Å². The van der Waals surface area contributed by atoms with Crippen molar-refractivity contribution < 1.29 is 18.6 Å². The number of hydrogen-bond acceptors (Lipinski definition) is 4. The molecule has 5 atom stereocenters. The lowest BCUT2D eigenvalue weighted by molar-refractivity contribution is -0.137. The first-order valence-electron chi connectivity index (χ1n) is 8.97. The molecule has 4 unspecified atom stereocenters. The molecule has 0 N–H and O–H groups in total. The third kappa shape index (κ3) is 2.42. The van der Waals surface area contributed by atoms with Crippen LogP contribution >= 0.6 is 7.52 Å². The van der Waals surface area contributed by atoms with Gasteiger partial charge in [-0.3, -0.25) is 9.36 Å². The van der Waals surface area contributed by atoms with E-state index in [0.29, 0.717) is 12.5 Å². The van der Waals surface area contributed by atoms with Crippen LogP contribution in [0, 0.1) is 22.2 Å². The molecule has 3 rings (SSSR count). The molecule has 1 aliphatic heterocycles.